The first-order chi connectivity index (χ1) is 8.52. The molecule has 0 atom stereocenters. The minimum atomic E-state index is 0.964. The van der Waals surface area contributed by atoms with E-state index in [2.05, 4.69) is 44.9 Å². The van der Waals surface area contributed by atoms with Gasteiger partial charge in [-0.3, -0.25) is 0 Å². The van der Waals surface area contributed by atoms with E-state index >= 15 is 0 Å². The van der Waals surface area contributed by atoms with Crippen LogP contribution in [0.1, 0.15) is 33.6 Å². The summed E-state index contributed by atoms with van der Waals surface area (Å²) in [5.74, 6) is 0. The van der Waals surface area contributed by atoms with E-state index in [1.807, 2.05) is 25.2 Å². The molecule has 1 aliphatic rings. The summed E-state index contributed by atoms with van der Waals surface area (Å²) < 4.78 is 0. The van der Waals surface area contributed by atoms with E-state index in [1.165, 1.54) is 11.1 Å². The Balaban J connectivity index is 2.65. The maximum atomic E-state index is 4.17. The van der Waals surface area contributed by atoms with Crippen molar-refractivity contribution in [3.8, 4) is 0 Å². The molecule has 0 saturated heterocycles. The van der Waals surface area contributed by atoms with Crippen molar-refractivity contribution in [3.05, 3.63) is 77.1 Å². The average molecular weight is 238 g/mol. The number of hydrogen-bond donors (Lipinski definition) is 0. The number of hydrogen-bond acceptors (Lipinski definition) is 0. The van der Waals surface area contributed by atoms with Crippen molar-refractivity contribution in [1.29, 1.82) is 0 Å². The fraction of sp³-hybridized carbons (Fsp3) is 0.278. The van der Waals surface area contributed by atoms with Gasteiger partial charge in [0.25, 0.3) is 0 Å². The zero-order valence-corrected chi connectivity index (χ0v) is 11.7. The summed E-state index contributed by atoms with van der Waals surface area (Å²) in [7, 11) is 0. The van der Waals surface area contributed by atoms with Gasteiger partial charge in [0.05, 0.1) is 0 Å². The second-order valence-electron chi connectivity index (χ2n) is 4.73. The lowest BCUT2D eigenvalue weighted by molar-refractivity contribution is 0.983. The zero-order valence-electron chi connectivity index (χ0n) is 11.7. The molecule has 0 aromatic rings. The summed E-state index contributed by atoms with van der Waals surface area (Å²) in [5, 5.41) is 0. The Bertz CT molecular complexity index is 498. The van der Waals surface area contributed by atoms with Crippen molar-refractivity contribution in [2.45, 2.75) is 33.6 Å². The molecule has 0 aliphatic heterocycles. The maximum absolute atomic E-state index is 4.17. The quantitative estimate of drug-likeness (QED) is 0.442. The normalized spacial score (nSPS) is 14.9. The largest absolute Gasteiger partial charge is 0.112 e. The second kappa shape index (κ2) is 6.83. The molecule has 0 unspecified atom stereocenters. The van der Waals surface area contributed by atoms with E-state index in [4.69, 9.17) is 0 Å². The SMILES string of the molecule is C=C(CC/C=C(\C)C(=C)C)C1=C=CC=CC=C1C. The van der Waals surface area contributed by atoms with Crippen LogP contribution in [0.15, 0.2) is 77.1 Å². The molecule has 0 heteroatoms. The van der Waals surface area contributed by atoms with E-state index in [0.717, 1.165) is 29.6 Å². The van der Waals surface area contributed by atoms with Crippen LogP contribution < -0.4 is 0 Å². The lowest BCUT2D eigenvalue weighted by Gasteiger charge is -2.08. The van der Waals surface area contributed by atoms with Crippen molar-refractivity contribution in [3.63, 3.8) is 0 Å². The van der Waals surface area contributed by atoms with Crippen LogP contribution in [0.3, 0.4) is 0 Å². The molecule has 0 N–H and O–H groups in total. The molecule has 1 aliphatic carbocycles. The summed E-state index contributed by atoms with van der Waals surface area (Å²) in [5.41, 5.74) is 9.21. The molecular formula is C18H22. The van der Waals surface area contributed by atoms with Gasteiger partial charge in [-0.2, -0.15) is 0 Å². The van der Waals surface area contributed by atoms with Crippen LogP contribution in [0.4, 0.5) is 0 Å². The first-order valence-corrected chi connectivity index (χ1v) is 6.33. The summed E-state index contributed by atoms with van der Waals surface area (Å²) in [6, 6.07) is 0. The van der Waals surface area contributed by atoms with Gasteiger partial charge in [-0.25, -0.2) is 0 Å². The van der Waals surface area contributed by atoms with Gasteiger partial charge < -0.3 is 0 Å². The Kier molecular flexibility index (Phi) is 5.42. The third-order valence-corrected chi connectivity index (χ3v) is 3.10. The summed E-state index contributed by atoms with van der Waals surface area (Å²) in [4.78, 5) is 0. The molecular weight excluding hydrogens is 216 g/mol. The highest BCUT2D eigenvalue weighted by Crippen LogP contribution is 2.22. The molecule has 94 valence electrons. The van der Waals surface area contributed by atoms with Gasteiger partial charge in [0.2, 0.25) is 0 Å². The Labute approximate surface area is 111 Å². The Morgan fingerprint density at radius 2 is 2.00 bits per heavy atom. The first-order valence-electron chi connectivity index (χ1n) is 6.33. The van der Waals surface area contributed by atoms with E-state index in [1.54, 1.807) is 0 Å². The molecule has 0 fully saturated rings. The van der Waals surface area contributed by atoms with Gasteiger partial charge in [-0.15, -0.1) is 5.73 Å². The van der Waals surface area contributed by atoms with E-state index in [-0.39, 0.29) is 0 Å². The van der Waals surface area contributed by atoms with E-state index in [0.29, 0.717) is 0 Å². The van der Waals surface area contributed by atoms with Crippen LogP contribution in [-0.2, 0) is 0 Å². The monoisotopic (exact) mass is 238 g/mol. The molecule has 0 aromatic carbocycles. The van der Waals surface area contributed by atoms with Crippen LogP contribution in [0.5, 0.6) is 0 Å². The third kappa shape index (κ3) is 4.24. The average Bonchev–Trinajstić information content (AvgIpc) is 2.53. The Hall–Kier alpha value is -1.78. The van der Waals surface area contributed by atoms with Crippen molar-refractivity contribution in [1.82, 2.24) is 0 Å². The van der Waals surface area contributed by atoms with Crippen LogP contribution in [0.25, 0.3) is 0 Å². The minimum absolute atomic E-state index is 0.964. The van der Waals surface area contributed by atoms with Crippen molar-refractivity contribution < 1.29 is 0 Å². The maximum Gasteiger partial charge on any atom is 0.0220 e. The smallest absolute Gasteiger partial charge is 0.0220 e. The molecule has 0 radical (unpaired) electrons. The van der Waals surface area contributed by atoms with Gasteiger partial charge in [-0.05, 0) is 50.8 Å². The highest BCUT2D eigenvalue weighted by Gasteiger charge is 2.04. The molecule has 0 bridgehead atoms. The molecule has 18 heavy (non-hydrogen) atoms. The van der Waals surface area contributed by atoms with Gasteiger partial charge in [-0.1, -0.05) is 48.6 Å². The molecule has 0 spiro atoms. The highest BCUT2D eigenvalue weighted by atomic mass is 14.1. The standard InChI is InChI=1S/C18H22/c1-14(2)15(3)11-9-12-17(5)18-13-8-6-7-10-16(18)4/h6-8,10-11H,1,5,9,12H2,2-4H3/b15-11+. The van der Waals surface area contributed by atoms with Crippen LogP contribution in [-0.4, -0.2) is 0 Å². The second-order valence-corrected chi connectivity index (χ2v) is 4.73. The van der Waals surface area contributed by atoms with Crippen LogP contribution in [0, 0.1) is 0 Å². The van der Waals surface area contributed by atoms with Gasteiger partial charge in [0.15, 0.2) is 0 Å². The van der Waals surface area contributed by atoms with E-state index in [9.17, 15) is 0 Å². The highest BCUT2D eigenvalue weighted by molar-refractivity contribution is 5.47. The Morgan fingerprint density at radius 3 is 2.67 bits per heavy atom. The lowest BCUT2D eigenvalue weighted by Crippen LogP contribution is -1.89. The molecule has 0 heterocycles. The molecule has 0 aromatic heterocycles. The Morgan fingerprint density at radius 1 is 1.28 bits per heavy atom. The fourth-order valence-corrected chi connectivity index (χ4v) is 1.73. The first kappa shape index (κ1) is 14.3. The van der Waals surface area contributed by atoms with Crippen LogP contribution >= 0.6 is 0 Å². The predicted molar refractivity (Wildman–Crippen MR) is 81.4 cm³/mol. The summed E-state index contributed by atoms with van der Waals surface area (Å²) >= 11 is 0. The zero-order chi connectivity index (χ0) is 13.5. The van der Waals surface area contributed by atoms with Gasteiger partial charge in [0, 0.05) is 5.57 Å². The van der Waals surface area contributed by atoms with Gasteiger partial charge >= 0.3 is 0 Å². The number of rotatable bonds is 5. The molecule has 0 saturated carbocycles. The topological polar surface area (TPSA) is 0 Å². The summed E-state index contributed by atoms with van der Waals surface area (Å²) in [6.45, 7) is 14.4. The van der Waals surface area contributed by atoms with Crippen molar-refractivity contribution >= 4 is 0 Å². The van der Waals surface area contributed by atoms with Crippen molar-refractivity contribution in [2.75, 3.05) is 0 Å². The van der Waals surface area contributed by atoms with Crippen molar-refractivity contribution in [2.24, 2.45) is 0 Å². The summed E-state index contributed by atoms with van der Waals surface area (Å²) in [6.07, 6.45) is 12.3. The third-order valence-electron chi connectivity index (χ3n) is 3.10. The minimum Gasteiger partial charge on any atom is -0.112 e. The van der Waals surface area contributed by atoms with Crippen LogP contribution in [0.2, 0.25) is 0 Å². The number of allylic oxidation sites excluding steroid dienone is 9. The molecule has 0 nitrogen and oxygen atoms in total. The van der Waals surface area contributed by atoms with Gasteiger partial charge in [0.1, 0.15) is 0 Å². The predicted octanol–water partition coefficient (Wildman–Crippen LogP) is 5.44. The fourth-order valence-electron chi connectivity index (χ4n) is 1.73. The lowest BCUT2D eigenvalue weighted by atomic mass is 9.96. The molecule has 1 rings (SSSR count). The molecule has 0 amide bonds. The van der Waals surface area contributed by atoms with E-state index < -0.39 is 0 Å².